The van der Waals surface area contributed by atoms with E-state index >= 15 is 0 Å². The molecule has 1 unspecified atom stereocenters. The monoisotopic (exact) mass is 238 g/mol. The van der Waals surface area contributed by atoms with Crippen molar-refractivity contribution >= 4 is 10.0 Å². The van der Waals surface area contributed by atoms with E-state index in [2.05, 4.69) is 4.72 Å². The van der Waals surface area contributed by atoms with Crippen molar-refractivity contribution in [2.24, 2.45) is 5.73 Å². The predicted molar refractivity (Wildman–Crippen MR) is 61.1 cm³/mol. The maximum Gasteiger partial charge on any atom is 0.215 e. The molecule has 0 aromatic carbocycles. The topological polar surface area (TPSA) is 81.4 Å². The molecule has 0 spiro atoms. The highest BCUT2D eigenvalue weighted by atomic mass is 32.2. The van der Waals surface area contributed by atoms with Crippen LogP contribution in [-0.2, 0) is 14.8 Å². The number of nitrogens with one attached hydrogen (secondary N) is 1. The normalized spacial score (nSPS) is 15.3. The van der Waals surface area contributed by atoms with Crippen LogP contribution in [0.25, 0.3) is 0 Å². The Kier molecular flexibility index (Phi) is 5.72. The van der Waals surface area contributed by atoms with Crippen molar-refractivity contribution in [1.29, 1.82) is 0 Å². The molecule has 0 aliphatic heterocycles. The first-order chi connectivity index (χ1) is 6.79. The fraction of sp³-hybridized carbons (Fsp3) is 1.00. The summed E-state index contributed by atoms with van der Waals surface area (Å²) in [6.45, 7) is 5.83. The van der Waals surface area contributed by atoms with Crippen LogP contribution in [0.15, 0.2) is 0 Å². The molecule has 0 aromatic rings. The number of sulfonamides is 1. The summed E-state index contributed by atoms with van der Waals surface area (Å²) in [5, 5.41) is -0.523. The van der Waals surface area contributed by atoms with Gasteiger partial charge in [0.25, 0.3) is 0 Å². The second kappa shape index (κ2) is 5.79. The van der Waals surface area contributed by atoms with Crippen molar-refractivity contribution in [2.75, 3.05) is 20.2 Å². The Morgan fingerprint density at radius 1 is 1.47 bits per heavy atom. The van der Waals surface area contributed by atoms with E-state index in [1.165, 1.54) is 0 Å². The lowest BCUT2D eigenvalue weighted by Gasteiger charge is -2.24. The van der Waals surface area contributed by atoms with Crippen molar-refractivity contribution in [3.63, 3.8) is 0 Å². The Morgan fingerprint density at radius 2 is 2.00 bits per heavy atom. The van der Waals surface area contributed by atoms with Gasteiger partial charge in [0.05, 0.1) is 10.9 Å². The second-order valence-electron chi connectivity index (χ2n) is 4.10. The molecule has 1 atom stereocenters. The number of nitrogens with two attached hydrogens (primary N) is 1. The molecule has 6 heteroatoms. The first kappa shape index (κ1) is 14.8. The Labute approximate surface area is 92.4 Å². The van der Waals surface area contributed by atoms with Crippen molar-refractivity contribution in [3.8, 4) is 0 Å². The minimum absolute atomic E-state index is 0.138. The molecule has 0 heterocycles. The van der Waals surface area contributed by atoms with E-state index in [0.717, 1.165) is 0 Å². The van der Waals surface area contributed by atoms with E-state index in [0.29, 0.717) is 6.42 Å². The molecule has 0 amide bonds. The molecule has 92 valence electrons. The molecule has 3 N–H and O–H groups in total. The lowest BCUT2D eigenvalue weighted by Crippen LogP contribution is -2.45. The number of ether oxygens (including phenoxy) is 1. The van der Waals surface area contributed by atoms with Gasteiger partial charge in [-0.3, -0.25) is 0 Å². The Morgan fingerprint density at radius 3 is 2.33 bits per heavy atom. The van der Waals surface area contributed by atoms with Gasteiger partial charge >= 0.3 is 0 Å². The fourth-order valence-electron chi connectivity index (χ4n) is 0.977. The Bertz CT molecular complexity index is 271. The van der Waals surface area contributed by atoms with E-state index < -0.39 is 20.9 Å². The van der Waals surface area contributed by atoms with Crippen LogP contribution in [0.4, 0.5) is 0 Å². The molecule has 0 aliphatic rings. The minimum atomic E-state index is -3.32. The summed E-state index contributed by atoms with van der Waals surface area (Å²) in [4.78, 5) is 0. The fourth-order valence-corrected chi connectivity index (χ4v) is 2.45. The highest BCUT2D eigenvalue weighted by Crippen LogP contribution is 2.08. The van der Waals surface area contributed by atoms with Crippen LogP contribution in [0.3, 0.4) is 0 Å². The molecule has 15 heavy (non-hydrogen) atoms. The third-order valence-corrected chi connectivity index (χ3v) is 4.36. The summed E-state index contributed by atoms with van der Waals surface area (Å²) in [6, 6.07) is 0. The molecule has 5 nitrogen and oxygen atoms in total. The van der Waals surface area contributed by atoms with Crippen LogP contribution in [-0.4, -0.2) is 39.5 Å². The van der Waals surface area contributed by atoms with Gasteiger partial charge in [0.1, 0.15) is 0 Å². The molecular weight excluding hydrogens is 216 g/mol. The van der Waals surface area contributed by atoms with E-state index in [4.69, 9.17) is 10.5 Å². The summed E-state index contributed by atoms with van der Waals surface area (Å²) < 4.78 is 31.1. The SMILES string of the molecule is CCC(CN)S(=O)(=O)NCC(C)(C)OC. The molecule has 0 bridgehead atoms. The number of hydrogen-bond acceptors (Lipinski definition) is 4. The van der Waals surface area contributed by atoms with Gasteiger partial charge < -0.3 is 10.5 Å². The molecule has 0 rings (SSSR count). The average molecular weight is 238 g/mol. The molecule has 0 saturated carbocycles. The van der Waals surface area contributed by atoms with Gasteiger partial charge in [0.15, 0.2) is 0 Å². The zero-order valence-corrected chi connectivity index (χ0v) is 10.7. The van der Waals surface area contributed by atoms with Crippen LogP contribution in [0.2, 0.25) is 0 Å². The Hall–Kier alpha value is -0.170. The van der Waals surface area contributed by atoms with Gasteiger partial charge in [-0.25, -0.2) is 13.1 Å². The standard InChI is InChI=1S/C9H22N2O3S/c1-5-8(6-10)15(12,13)11-7-9(2,3)14-4/h8,11H,5-7,10H2,1-4H3. The first-order valence-corrected chi connectivity index (χ1v) is 6.57. The van der Waals surface area contributed by atoms with Gasteiger partial charge in [-0.2, -0.15) is 0 Å². The van der Waals surface area contributed by atoms with Crippen LogP contribution >= 0.6 is 0 Å². The van der Waals surface area contributed by atoms with Crippen molar-refractivity contribution in [2.45, 2.75) is 38.0 Å². The molecule has 0 aliphatic carbocycles. The summed E-state index contributed by atoms with van der Waals surface area (Å²) >= 11 is 0. The summed E-state index contributed by atoms with van der Waals surface area (Å²) in [7, 11) is -1.77. The summed E-state index contributed by atoms with van der Waals surface area (Å²) in [5.74, 6) is 0. The van der Waals surface area contributed by atoms with Gasteiger partial charge in [-0.05, 0) is 20.3 Å². The lowest BCUT2D eigenvalue weighted by atomic mass is 10.1. The van der Waals surface area contributed by atoms with E-state index in [1.807, 2.05) is 13.8 Å². The largest absolute Gasteiger partial charge is 0.377 e. The third-order valence-electron chi connectivity index (χ3n) is 2.41. The summed E-state index contributed by atoms with van der Waals surface area (Å²) in [6.07, 6.45) is 0.513. The van der Waals surface area contributed by atoms with Crippen molar-refractivity contribution in [3.05, 3.63) is 0 Å². The molecule has 0 fully saturated rings. The molecular formula is C9H22N2O3S. The number of methoxy groups -OCH3 is 1. The minimum Gasteiger partial charge on any atom is -0.377 e. The van der Waals surface area contributed by atoms with Crippen LogP contribution in [0, 0.1) is 0 Å². The second-order valence-corrected chi connectivity index (χ2v) is 6.14. The van der Waals surface area contributed by atoms with Gasteiger partial charge in [-0.1, -0.05) is 6.92 Å². The maximum absolute atomic E-state index is 11.7. The molecule has 0 aromatic heterocycles. The highest BCUT2D eigenvalue weighted by Gasteiger charge is 2.25. The van der Waals surface area contributed by atoms with E-state index in [-0.39, 0.29) is 13.1 Å². The number of hydrogen-bond donors (Lipinski definition) is 2. The maximum atomic E-state index is 11.7. The van der Waals surface area contributed by atoms with Gasteiger partial charge in [-0.15, -0.1) is 0 Å². The summed E-state index contributed by atoms with van der Waals surface area (Å²) in [5.41, 5.74) is 4.89. The van der Waals surface area contributed by atoms with Crippen molar-refractivity contribution in [1.82, 2.24) is 4.72 Å². The Balaban J connectivity index is 4.40. The predicted octanol–water partition coefficient (Wildman–Crippen LogP) is 0.0681. The van der Waals surface area contributed by atoms with E-state index in [9.17, 15) is 8.42 Å². The third kappa shape index (κ3) is 4.92. The quantitative estimate of drug-likeness (QED) is 0.657. The molecule has 0 radical (unpaired) electrons. The lowest BCUT2D eigenvalue weighted by molar-refractivity contribution is 0.0276. The molecule has 0 saturated heterocycles. The van der Waals surface area contributed by atoms with Gasteiger partial charge in [0, 0.05) is 20.2 Å². The smallest absolute Gasteiger partial charge is 0.215 e. The van der Waals surface area contributed by atoms with Gasteiger partial charge in [0.2, 0.25) is 10.0 Å². The van der Waals surface area contributed by atoms with E-state index in [1.54, 1.807) is 14.0 Å². The highest BCUT2D eigenvalue weighted by molar-refractivity contribution is 7.90. The van der Waals surface area contributed by atoms with Crippen LogP contribution in [0.5, 0.6) is 0 Å². The van der Waals surface area contributed by atoms with Crippen LogP contribution < -0.4 is 10.5 Å². The average Bonchev–Trinajstić information content (AvgIpc) is 2.17. The zero-order chi connectivity index (χ0) is 12.1. The number of rotatable bonds is 7. The van der Waals surface area contributed by atoms with Crippen molar-refractivity contribution < 1.29 is 13.2 Å². The van der Waals surface area contributed by atoms with Crippen LogP contribution in [0.1, 0.15) is 27.2 Å². The first-order valence-electron chi connectivity index (χ1n) is 5.02. The zero-order valence-electron chi connectivity index (χ0n) is 9.91.